The lowest BCUT2D eigenvalue weighted by atomic mass is 9.78. The lowest BCUT2D eigenvalue weighted by Crippen LogP contribution is -2.64. The van der Waals surface area contributed by atoms with Crippen LogP contribution in [0, 0.1) is 10.8 Å². The minimum Gasteiger partial charge on any atom is -0.385 e. The predicted octanol–water partition coefficient (Wildman–Crippen LogP) is 1.69. The highest BCUT2D eigenvalue weighted by Gasteiger charge is 2.54. The van der Waals surface area contributed by atoms with Crippen LogP contribution in [0.3, 0.4) is 0 Å². The molecule has 1 N–H and O–H groups in total. The topological polar surface area (TPSA) is 75.7 Å². The Labute approximate surface area is 125 Å². The number of urea groups is 1. The van der Waals surface area contributed by atoms with Crippen molar-refractivity contribution in [3.8, 4) is 0 Å². The van der Waals surface area contributed by atoms with Gasteiger partial charge in [-0.15, -0.1) is 0 Å². The predicted molar refractivity (Wildman–Crippen MR) is 76.4 cm³/mol. The normalized spacial score (nSPS) is 23.2. The van der Waals surface area contributed by atoms with Crippen LogP contribution in [0.15, 0.2) is 0 Å². The Bertz CT molecular complexity index is 453. The highest BCUT2D eigenvalue weighted by Crippen LogP contribution is 2.50. The van der Waals surface area contributed by atoms with Crippen LogP contribution in [0.25, 0.3) is 0 Å². The lowest BCUT2D eigenvalue weighted by Gasteiger charge is -2.39. The molecular weight excluding hydrogens is 272 g/mol. The molecule has 6 heteroatoms. The van der Waals surface area contributed by atoms with Crippen LogP contribution in [-0.4, -0.2) is 43.0 Å². The highest BCUT2D eigenvalue weighted by molar-refractivity contribution is 6.19. The van der Waals surface area contributed by atoms with Crippen molar-refractivity contribution in [2.75, 3.05) is 20.3 Å². The molecular formula is C15H24N2O4. The van der Waals surface area contributed by atoms with Crippen molar-refractivity contribution < 1.29 is 19.1 Å². The van der Waals surface area contributed by atoms with Crippen molar-refractivity contribution in [1.29, 1.82) is 0 Å². The maximum absolute atomic E-state index is 12.7. The summed E-state index contributed by atoms with van der Waals surface area (Å²) in [4.78, 5) is 38.1. The Kier molecular flexibility index (Phi) is 4.37. The van der Waals surface area contributed by atoms with Gasteiger partial charge in [0.1, 0.15) is 5.41 Å². The molecule has 1 saturated carbocycles. The van der Waals surface area contributed by atoms with E-state index in [2.05, 4.69) is 5.32 Å². The van der Waals surface area contributed by atoms with Crippen LogP contribution < -0.4 is 5.32 Å². The van der Waals surface area contributed by atoms with E-state index < -0.39 is 17.4 Å². The highest BCUT2D eigenvalue weighted by atomic mass is 16.5. The first kappa shape index (κ1) is 15.9. The average Bonchev–Trinajstić information content (AvgIpc) is 3.23. The number of hydrogen-bond acceptors (Lipinski definition) is 4. The van der Waals surface area contributed by atoms with Crippen molar-refractivity contribution in [3.05, 3.63) is 0 Å². The molecule has 1 heterocycles. The summed E-state index contributed by atoms with van der Waals surface area (Å²) in [7, 11) is 1.65. The summed E-state index contributed by atoms with van der Waals surface area (Å²) in [6, 6.07) is -0.578. The van der Waals surface area contributed by atoms with Crippen molar-refractivity contribution in [3.63, 3.8) is 0 Å². The quantitative estimate of drug-likeness (QED) is 0.725. The van der Waals surface area contributed by atoms with Gasteiger partial charge in [-0.25, -0.2) is 4.79 Å². The second kappa shape index (κ2) is 5.75. The maximum Gasteiger partial charge on any atom is 0.330 e. The zero-order chi connectivity index (χ0) is 15.7. The van der Waals surface area contributed by atoms with Crippen LogP contribution in [0.5, 0.6) is 0 Å². The van der Waals surface area contributed by atoms with Gasteiger partial charge in [-0.3, -0.25) is 19.8 Å². The number of carbonyl (C=O) groups excluding carboxylic acids is 3. The number of barbiturate groups is 1. The van der Waals surface area contributed by atoms with E-state index in [9.17, 15) is 14.4 Å². The molecule has 1 saturated heterocycles. The van der Waals surface area contributed by atoms with Gasteiger partial charge >= 0.3 is 6.03 Å². The molecule has 0 atom stereocenters. The number of carbonyl (C=O) groups is 3. The van der Waals surface area contributed by atoms with Gasteiger partial charge in [-0.2, -0.15) is 0 Å². The average molecular weight is 296 g/mol. The van der Waals surface area contributed by atoms with E-state index >= 15 is 0 Å². The Morgan fingerprint density at radius 1 is 1.19 bits per heavy atom. The smallest absolute Gasteiger partial charge is 0.330 e. The SMILES string of the molecule is CCC1(CC)C(=O)NC(=O)N(CC2(CCOC)CC2)C1=O. The first-order chi connectivity index (χ1) is 9.94. The molecule has 0 aromatic rings. The minimum absolute atomic E-state index is 0.0172. The van der Waals surface area contributed by atoms with E-state index in [0.717, 1.165) is 19.3 Å². The fraction of sp³-hybridized carbons (Fsp3) is 0.800. The third kappa shape index (κ3) is 2.69. The summed E-state index contributed by atoms with van der Waals surface area (Å²) in [5.74, 6) is -0.801. The summed E-state index contributed by atoms with van der Waals surface area (Å²) in [5.41, 5.74) is -1.11. The number of imide groups is 2. The number of rotatable bonds is 7. The van der Waals surface area contributed by atoms with Crippen LogP contribution in [0.2, 0.25) is 0 Å². The van der Waals surface area contributed by atoms with E-state index in [1.807, 2.05) is 13.8 Å². The van der Waals surface area contributed by atoms with E-state index in [0.29, 0.717) is 26.0 Å². The number of methoxy groups -OCH3 is 1. The number of nitrogens with zero attached hydrogens (tertiary/aromatic N) is 1. The van der Waals surface area contributed by atoms with Gasteiger partial charge in [0.15, 0.2) is 0 Å². The molecule has 21 heavy (non-hydrogen) atoms. The Balaban J connectivity index is 2.17. The number of amides is 4. The van der Waals surface area contributed by atoms with Gasteiger partial charge in [-0.05, 0) is 37.5 Å². The molecule has 4 amide bonds. The summed E-state index contributed by atoms with van der Waals surface area (Å²) >= 11 is 0. The molecule has 0 bridgehead atoms. The summed E-state index contributed by atoms with van der Waals surface area (Å²) in [6.45, 7) is 4.63. The molecule has 0 spiro atoms. The van der Waals surface area contributed by atoms with Crippen LogP contribution in [-0.2, 0) is 14.3 Å². The largest absolute Gasteiger partial charge is 0.385 e. The van der Waals surface area contributed by atoms with Gasteiger partial charge in [0.25, 0.3) is 0 Å². The Hall–Kier alpha value is -1.43. The van der Waals surface area contributed by atoms with Crippen molar-refractivity contribution in [2.24, 2.45) is 10.8 Å². The van der Waals surface area contributed by atoms with E-state index in [4.69, 9.17) is 4.74 Å². The molecule has 6 nitrogen and oxygen atoms in total. The molecule has 0 radical (unpaired) electrons. The third-order valence-electron chi connectivity index (χ3n) is 5.05. The second-order valence-electron chi connectivity index (χ2n) is 6.18. The van der Waals surface area contributed by atoms with Crippen LogP contribution >= 0.6 is 0 Å². The molecule has 2 fully saturated rings. The fourth-order valence-corrected chi connectivity index (χ4v) is 3.07. The van der Waals surface area contributed by atoms with Crippen molar-refractivity contribution in [2.45, 2.75) is 46.0 Å². The minimum atomic E-state index is -1.09. The number of hydrogen-bond donors (Lipinski definition) is 1. The van der Waals surface area contributed by atoms with Crippen LogP contribution in [0.4, 0.5) is 4.79 Å². The standard InChI is InChI=1S/C15H24N2O4/c1-4-15(5-2)11(18)16-13(20)17(12(15)19)10-14(6-7-14)8-9-21-3/h4-10H2,1-3H3,(H,16,18,20). The second-order valence-corrected chi connectivity index (χ2v) is 6.18. The van der Waals surface area contributed by atoms with Crippen LogP contribution in [0.1, 0.15) is 46.0 Å². The molecule has 1 aliphatic carbocycles. The molecule has 0 aromatic carbocycles. The third-order valence-corrected chi connectivity index (χ3v) is 5.05. The molecule has 0 unspecified atom stereocenters. The van der Waals surface area contributed by atoms with E-state index in [1.54, 1.807) is 7.11 Å². The van der Waals surface area contributed by atoms with Gasteiger partial charge < -0.3 is 4.74 Å². The Morgan fingerprint density at radius 3 is 2.29 bits per heavy atom. The zero-order valence-electron chi connectivity index (χ0n) is 13.0. The fourth-order valence-electron chi connectivity index (χ4n) is 3.07. The van der Waals surface area contributed by atoms with Crippen molar-refractivity contribution >= 4 is 17.8 Å². The number of nitrogens with one attached hydrogen (secondary N) is 1. The number of ether oxygens (including phenoxy) is 1. The van der Waals surface area contributed by atoms with E-state index in [1.165, 1.54) is 4.90 Å². The van der Waals surface area contributed by atoms with Gasteiger partial charge in [0, 0.05) is 20.3 Å². The lowest BCUT2D eigenvalue weighted by molar-refractivity contribution is -0.152. The molecule has 0 aromatic heterocycles. The van der Waals surface area contributed by atoms with Gasteiger partial charge in [-0.1, -0.05) is 13.8 Å². The zero-order valence-corrected chi connectivity index (χ0v) is 13.0. The summed E-state index contributed by atoms with van der Waals surface area (Å²) in [6.07, 6.45) is 3.63. The molecule has 2 rings (SSSR count). The first-order valence-corrected chi connectivity index (χ1v) is 7.61. The van der Waals surface area contributed by atoms with Crippen molar-refractivity contribution in [1.82, 2.24) is 10.2 Å². The van der Waals surface area contributed by atoms with E-state index in [-0.39, 0.29) is 11.3 Å². The van der Waals surface area contributed by atoms with Gasteiger partial charge in [0.05, 0.1) is 0 Å². The molecule has 2 aliphatic rings. The summed E-state index contributed by atoms with van der Waals surface area (Å²) in [5, 5.41) is 2.35. The molecule has 1 aliphatic heterocycles. The molecule has 118 valence electrons. The van der Waals surface area contributed by atoms with Gasteiger partial charge in [0.2, 0.25) is 11.8 Å². The monoisotopic (exact) mass is 296 g/mol. The summed E-state index contributed by atoms with van der Waals surface area (Å²) < 4.78 is 5.10. The Morgan fingerprint density at radius 2 is 1.81 bits per heavy atom. The maximum atomic E-state index is 12.7. The first-order valence-electron chi connectivity index (χ1n) is 7.61.